The number of hydrogen-bond acceptors (Lipinski definition) is 6. The van der Waals surface area contributed by atoms with Crippen molar-refractivity contribution in [2.45, 2.75) is 12.7 Å². The summed E-state index contributed by atoms with van der Waals surface area (Å²) in [4.78, 5) is 0. The molecule has 2 heterocycles. The first-order valence-corrected chi connectivity index (χ1v) is 9.89. The fourth-order valence-electron chi connectivity index (χ4n) is 2.35. The average Bonchev–Trinajstić information content (AvgIpc) is 3.08. The van der Waals surface area contributed by atoms with E-state index in [9.17, 15) is 12.8 Å². The predicted octanol–water partition coefficient (Wildman–Crippen LogP) is 1.64. The minimum absolute atomic E-state index is 0.133. The van der Waals surface area contributed by atoms with E-state index in [4.69, 9.17) is 0 Å². The fourth-order valence-corrected chi connectivity index (χ4v) is 3.51. The molecular weight excluding hydrogens is 371 g/mol. The minimum Gasteiger partial charge on any atom is -0.367 e. The van der Waals surface area contributed by atoms with Gasteiger partial charge < -0.3 is 5.32 Å². The molecule has 0 aliphatic rings. The van der Waals surface area contributed by atoms with Crippen molar-refractivity contribution in [2.75, 3.05) is 18.4 Å². The second-order valence-electron chi connectivity index (χ2n) is 5.85. The highest BCUT2D eigenvalue weighted by molar-refractivity contribution is 7.88. The third-order valence-electron chi connectivity index (χ3n) is 3.66. The molecule has 0 bridgehead atoms. The Morgan fingerprint density at radius 2 is 1.89 bits per heavy atom. The van der Waals surface area contributed by atoms with Crippen molar-refractivity contribution >= 4 is 15.8 Å². The molecule has 0 aliphatic heterocycles. The van der Waals surface area contributed by atoms with Gasteiger partial charge in [0.1, 0.15) is 11.6 Å². The van der Waals surface area contributed by atoms with Crippen molar-refractivity contribution in [3.05, 3.63) is 65.7 Å². The molecule has 0 unspecified atom stereocenters. The molecule has 10 heteroatoms. The van der Waals surface area contributed by atoms with Gasteiger partial charge in [0.25, 0.3) is 0 Å². The summed E-state index contributed by atoms with van der Waals surface area (Å²) in [6, 6.07) is 11.1. The largest absolute Gasteiger partial charge is 0.367 e. The smallest absolute Gasteiger partial charge is 0.215 e. The van der Waals surface area contributed by atoms with Crippen LogP contribution in [0.2, 0.25) is 0 Å². The number of anilines is 1. The molecule has 0 atom stereocenters. The van der Waals surface area contributed by atoms with Crippen LogP contribution in [-0.2, 0) is 15.8 Å². The Kier molecular flexibility index (Phi) is 5.77. The summed E-state index contributed by atoms with van der Waals surface area (Å²) >= 11 is 0. The van der Waals surface area contributed by atoms with Crippen molar-refractivity contribution in [3.63, 3.8) is 0 Å². The summed E-state index contributed by atoms with van der Waals surface area (Å²) in [6.45, 7) is 2.33. The summed E-state index contributed by atoms with van der Waals surface area (Å²) < 4.78 is 41.6. The van der Waals surface area contributed by atoms with Gasteiger partial charge in [-0.2, -0.15) is 5.10 Å². The lowest BCUT2D eigenvalue weighted by molar-refractivity contribution is 0.575. The van der Waals surface area contributed by atoms with Gasteiger partial charge in [-0.1, -0.05) is 18.2 Å². The van der Waals surface area contributed by atoms with E-state index >= 15 is 0 Å². The van der Waals surface area contributed by atoms with Crippen molar-refractivity contribution in [1.29, 1.82) is 0 Å². The monoisotopic (exact) mass is 390 g/mol. The lowest BCUT2D eigenvalue weighted by Crippen LogP contribution is -2.30. The number of nitrogens with zero attached hydrogens (tertiary/aromatic N) is 4. The maximum absolute atomic E-state index is 13.6. The topological polar surface area (TPSA) is 102 Å². The van der Waals surface area contributed by atoms with E-state index in [1.165, 1.54) is 18.2 Å². The fraction of sp³-hybridized carbons (Fsp3) is 0.235. The second kappa shape index (κ2) is 8.23. The maximum Gasteiger partial charge on any atom is 0.215 e. The van der Waals surface area contributed by atoms with Crippen LogP contribution >= 0.6 is 0 Å². The highest BCUT2D eigenvalue weighted by Gasteiger charge is 2.13. The number of benzene rings is 1. The van der Waals surface area contributed by atoms with Crippen LogP contribution in [0.4, 0.5) is 10.2 Å². The highest BCUT2D eigenvalue weighted by Crippen LogP contribution is 2.10. The van der Waals surface area contributed by atoms with E-state index < -0.39 is 21.6 Å². The van der Waals surface area contributed by atoms with Crippen molar-refractivity contribution < 1.29 is 12.8 Å². The number of aryl methyl sites for hydroxylation is 1. The van der Waals surface area contributed by atoms with Gasteiger partial charge in [0.05, 0.1) is 11.4 Å². The SMILES string of the molecule is Cc1ccn(-c2ccc(NCCNS(=O)(=O)Cc3ccccc3F)nn2)n1. The third kappa shape index (κ3) is 5.31. The molecule has 0 radical (unpaired) electrons. The summed E-state index contributed by atoms with van der Waals surface area (Å²) in [7, 11) is -3.63. The maximum atomic E-state index is 13.6. The van der Waals surface area contributed by atoms with Crippen LogP contribution < -0.4 is 10.0 Å². The molecule has 0 aliphatic carbocycles. The van der Waals surface area contributed by atoms with E-state index in [0.717, 1.165) is 5.69 Å². The van der Waals surface area contributed by atoms with Gasteiger partial charge in [0.2, 0.25) is 10.0 Å². The van der Waals surface area contributed by atoms with Gasteiger partial charge >= 0.3 is 0 Å². The molecule has 0 saturated carbocycles. The number of halogens is 1. The summed E-state index contributed by atoms with van der Waals surface area (Å²) in [5, 5.41) is 15.3. The molecule has 0 amide bonds. The molecule has 142 valence electrons. The molecule has 2 N–H and O–H groups in total. The standard InChI is InChI=1S/C17H19FN6O2S/c1-13-8-11-24(23-13)17-7-6-16(21-22-17)19-9-10-20-27(25,26)12-14-4-2-3-5-15(14)18/h2-8,11,20H,9-10,12H2,1H3,(H,19,21). The molecule has 2 aromatic heterocycles. The quantitative estimate of drug-likeness (QED) is 0.567. The average molecular weight is 390 g/mol. The van der Waals surface area contributed by atoms with Gasteiger partial charge in [-0.25, -0.2) is 22.2 Å². The van der Waals surface area contributed by atoms with Crippen LogP contribution in [0.5, 0.6) is 0 Å². The van der Waals surface area contributed by atoms with E-state index in [1.807, 2.05) is 13.0 Å². The zero-order chi connectivity index (χ0) is 19.3. The molecular formula is C17H19FN6O2S. The van der Waals surface area contributed by atoms with Crippen molar-refractivity contribution in [2.24, 2.45) is 0 Å². The van der Waals surface area contributed by atoms with Crippen LogP contribution in [0.25, 0.3) is 5.82 Å². The van der Waals surface area contributed by atoms with Crippen molar-refractivity contribution in [1.82, 2.24) is 24.7 Å². The molecule has 1 aromatic carbocycles. The number of sulfonamides is 1. The van der Waals surface area contributed by atoms with Crippen LogP contribution in [0.3, 0.4) is 0 Å². The number of aromatic nitrogens is 4. The third-order valence-corrected chi connectivity index (χ3v) is 5.00. The lowest BCUT2D eigenvalue weighted by Gasteiger charge is -2.09. The second-order valence-corrected chi connectivity index (χ2v) is 7.66. The number of hydrogen-bond donors (Lipinski definition) is 2. The van der Waals surface area contributed by atoms with E-state index in [1.54, 1.807) is 29.1 Å². The lowest BCUT2D eigenvalue weighted by atomic mass is 10.2. The summed E-state index contributed by atoms with van der Waals surface area (Å²) in [5.41, 5.74) is 1.01. The van der Waals surface area contributed by atoms with Crippen LogP contribution in [0, 0.1) is 12.7 Å². The first-order valence-electron chi connectivity index (χ1n) is 8.24. The Balaban J connectivity index is 1.47. The molecule has 27 heavy (non-hydrogen) atoms. The van der Waals surface area contributed by atoms with Gasteiger partial charge in [0.15, 0.2) is 5.82 Å². The Labute approximate surface area is 156 Å². The Morgan fingerprint density at radius 1 is 1.07 bits per heavy atom. The number of rotatable bonds is 8. The molecule has 0 saturated heterocycles. The van der Waals surface area contributed by atoms with Crippen LogP contribution in [0.15, 0.2) is 48.7 Å². The van der Waals surface area contributed by atoms with Crippen molar-refractivity contribution in [3.8, 4) is 5.82 Å². The van der Waals surface area contributed by atoms with E-state index in [0.29, 0.717) is 18.2 Å². The van der Waals surface area contributed by atoms with Gasteiger partial charge in [-0.3, -0.25) is 0 Å². The van der Waals surface area contributed by atoms with E-state index in [-0.39, 0.29) is 12.1 Å². The zero-order valence-electron chi connectivity index (χ0n) is 14.6. The zero-order valence-corrected chi connectivity index (χ0v) is 15.4. The molecule has 8 nitrogen and oxygen atoms in total. The predicted molar refractivity (Wildman–Crippen MR) is 99.4 cm³/mol. The Bertz CT molecular complexity index is 1000. The van der Waals surface area contributed by atoms with E-state index in [2.05, 4.69) is 25.3 Å². The molecule has 3 rings (SSSR count). The first kappa shape index (κ1) is 18.9. The molecule has 3 aromatic rings. The van der Waals surface area contributed by atoms with Gasteiger partial charge in [-0.15, -0.1) is 10.2 Å². The Morgan fingerprint density at radius 3 is 2.56 bits per heavy atom. The minimum atomic E-state index is -3.63. The molecule has 0 spiro atoms. The number of nitrogens with one attached hydrogen (secondary N) is 2. The van der Waals surface area contributed by atoms with Crippen LogP contribution in [0.1, 0.15) is 11.3 Å². The van der Waals surface area contributed by atoms with Gasteiger partial charge in [0, 0.05) is 24.8 Å². The normalized spacial score (nSPS) is 11.5. The summed E-state index contributed by atoms with van der Waals surface area (Å²) in [6.07, 6.45) is 1.79. The Hall–Kier alpha value is -2.85. The van der Waals surface area contributed by atoms with Crippen LogP contribution in [-0.4, -0.2) is 41.5 Å². The van der Waals surface area contributed by atoms with Gasteiger partial charge in [-0.05, 0) is 31.2 Å². The first-order chi connectivity index (χ1) is 12.9. The summed E-state index contributed by atoms with van der Waals surface area (Å²) in [5.74, 6) is 0.149. The highest BCUT2D eigenvalue weighted by atomic mass is 32.2. The molecule has 0 fully saturated rings.